The number of rotatable bonds is 4. The molecule has 0 aliphatic heterocycles. The summed E-state index contributed by atoms with van der Waals surface area (Å²) in [6, 6.07) is 8.59. The summed E-state index contributed by atoms with van der Waals surface area (Å²) in [7, 11) is 0. The quantitative estimate of drug-likeness (QED) is 0.667. The Hall–Kier alpha value is -2.02. The Labute approximate surface area is 121 Å². The molecule has 0 saturated carbocycles. The van der Waals surface area contributed by atoms with Crippen molar-refractivity contribution in [3.8, 4) is 0 Å². The van der Waals surface area contributed by atoms with Crippen molar-refractivity contribution in [2.24, 2.45) is 0 Å². The number of halogens is 3. The van der Waals surface area contributed by atoms with E-state index in [1.807, 2.05) is 6.07 Å². The van der Waals surface area contributed by atoms with Crippen LogP contribution in [0.2, 0.25) is 0 Å². The SMILES string of the molecule is O=[N+]([O-])c1cc(CNc2ccccc2Br)c(F)cc1F. The van der Waals surface area contributed by atoms with Crippen molar-refractivity contribution in [2.75, 3.05) is 5.32 Å². The summed E-state index contributed by atoms with van der Waals surface area (Å²) in [4.78, 5) is 9.75. The number of nitro benzene ring substituents is 1. The summed E-state index contributed by atoms with van der Waals surface area (Å²) in [5, 5.41) is 13.6. The topological polar surface area (TPSA) is 55.2 Å². The summed E-state index contributed by atoms with van der Waals surface area (Å²) in [5.74, 6) is -2.01. The van der Waals surface area contributed by atoms with E-state index in [4.69, 9.17) is 0 Å². The molecule has 2 rings (SSSR count). The minimum absolute atomic E-state index is 0.00949. The van der Waals surface area contributed by atoms with Gasteiger partial charge in [0, 0.05) is 34.4 Å². The average Bonchev–Trinajstić information content (AvgIpc) is 2.39. The summed E-state index contributed by atoms with van der Waals surface area (Å²) in [5.41, 5.74) is -0.0111. The van der Waals surface area contributed by atoms with Crippen molar-refractivity contribution < 1.29 is 13.7 Å². The van der Waals surface area contributed by atoms with Crippen molar-refractivity contribution in [1.29, 1.82) is 0 Å². The van der Waals surface area contributed by atoms with Crippen LogP contribution in [0.4, 0.5) is 20.2 Å². The second-order valence-electron chi connectivity index (χ2n) is 3.99. The Balaban J connectivity index is 2.24. The van der Waals surface area contributed by atoms with Gasteiger partial charge in [0.15, 0.2) is 0 Å². The number of nitrogens with zero attached hydrogens (tertiary/aromatic N) is 1. The Bertz CT molecular complexity index is 665. The number of nitro groups is 1. The van der Waals surface area contributed by atoms with Crippen LogP contribution >= 0.6 is 15.9 Å². The number of para-hydroxylation sites is 1. The highest BCUT2D eigenvalue weighted by Gasteiger charge is 2.18. The number of hydrogen-bond donors (Lipinski definition) is 1. The predicted octanol–water partition coefficient (Wildman–Crippen LogP) is 4.25. The summed E-state index contributed by atoms with van der Waals surface area (Å²) < 4.78 is 27.6. The summed E-state index contributed by atoms with van der Waals surface area (Å²) in [6.45, 7) is 0.00949. The standard InChI is InChI=1S/C13H9BrF2N2O2/c14-9-3-1-2-4-12(9)17-7-8-5-13(18(19)20)11(16)6-10(8)15/h1-6,17H,7H2. The highest BCUT2D eigenvalue weighted by molar-refractivity contribution is 9.10. The van der Waals surface area contributed by atoms with Gasteiger partial charge in [-0.15, -0.1) is 0 Å². The Morgan fingerprint density at radius 2 is 1.90 bits per heavy atom. The fourth-order valence-electron chi connectivity index (χ4n) is 1.65. The second kappa shape index (κ2) is 5.96. The molecule has 0 aliphatic rings. The van der Waals surface area contributed by atoms with E-state index >= 15 is 0 Å². The van der Waals surface area contributed by atoms with Gasteiger partial charge in [0.05, 0.1) is 4.92 Å². The van der Waals surface area contributed by atoms with E-state index in [1.165, 1.54) is 0 Å². The van der Waals surface area contributed by atoms with Crippen molar-refractivity contribution in [3.05, 3.63) is 68.2 Å². The van der Waals surface area contributed by atoms with Gasteiger partial charge in [-0.25, -0.2) is 4.39 Å². The van der Waals surface area contributed by atoms with Gasteiger partial charge in [-0.1, -0.05) is 12.1 Å². The normalized spacial score (nSPS) is 10.3. The van der Waals surface area contributed by atoms with Crippen LogP contribution in [0.5, 0.6) is 0 Å². The van der Waals surface area contributed by atoms with Crippen LogP contribution in [0, 0.1) is 21.7 Å². The van der Waals surface area contributed by atoms with Crippen LogP contribution in [0.3, 0.4) is 0 Å². The van der Waals surface area contributed by atoms with E-state index in [1.54, 1.807) is 18.2 Å². The van der Waals surface area contributed by atoms with Crippen molar-refractivity contribution in [3.63, 3.8) is 0 Å². The van der Waals surface area contributed by atoms with E-state index in [0.717, 1.165) is 10.5 Å². The molecule has 0 atom stereocenters. The molecule has 0 aromatic heterocycles. The van der Waals surface area contributed by atoms with E-state index in [0.29, 0.717) is 11.8 Å². The lowest BCUT2D eigenvalue weighted by Gasteiger charge is -2.09. The van der Waals surface area contributed by atoms with Gasteiger partial charge in [-0.2, -0.15) is 4.39 Å². The third-order valence-electron chi connectivity index (χ3n) is 2.66. The zero-order chi connectivity index (χ0) is 14.7. The highest BCUT2D eigenvalue weighted by atomic mass is 79.9. The maximum Gasteiger partial charge on any atom is 0.305 e. The molecular formula is C13H9BrF2N2O2. The van der Waals surface area contributed by atoms with Crippen LogP contribution in [0.15, 0.2) is 40.9 Å². The second-order valence-corrected chi connectivity index (χ2v) is 4.84. The minimum atomic E-state index is -1.18. The third-order valence-corrected chi connectivity index (χ3v) is 3.35. The van der Waals surface area contributed by atoms with Crippen LogP contribution in [0.1, 0.15) is 5.56 Å². The maximum atomic E-state index is 13.6. The molecule has 0 saturated heterocycles. The van der Waals surface area contributed by atoms with Gasteiger partial charge in [0.2, 0.25) is 5.82 Å². The highest BCUT2D eigenvalue weighted by Crippen LogP contribution is 2.25. The smallest absolute Gasteiger partial charge is 0.305 e. The van der Waals surface area contributed by atoms with Gasteiger partial charge < -0.3 is 5.32 Å². The predicted molar refractivity (Wildman–Crippen MR) is 74.5 cm³/mol. The molecule has 0 amide bonds. The van der Waals surface area contributed by atoms with Crippen molar-refractivity contribution >= 4 is 27.3 Å². The molecule has 2 aromatic rings. The summed E-state index contributed by atoms with van der Waals surface area (Å²) in [6.07, 6.45) is 0. The van der Waals surface area contributed by atoms with Gasteiger partial charge in [0.25, 0.3) is 0 Å². The lowest BCUT2D eigenvalue weighted by molar-refractivity contribution is -0.387. The Morgan fingerprint density at radius 1 is 1.20 bits per heavy atom. The van der Waals surface area contributed by atoms with Crippen LogP contribution in [-0.4, -0.2) is 4.92 Å². The largest absolute Gasteiger partial charge is 0.380 e. The van der Waals surface area contributed by atoms with Gasteiger partial charge >= 0.3 is 5.69 Å². The maximum absolute atomic E-state index is 13.6. The third kappa shape index (κ3) is 3.11. The zero-order valence-corrected chi connectivity index (χ0v) is 11.7. The number of nitrogens with one attached hydrogen (secondary N) is 1. The van der Waals surface area contributed by atoms with Gasteiger partial charge in [0.1, 0.15) is 5.82 Å². The van der Waals surface area contributed by atoms with Crippen molar-refractivity contribution in [1.82, 2.24) is 0 Å². The molecule has 0 bridgehead atoms. The first kappa shape index (κ1) is 14.4. The van der Waals surface area contributed by atoms with E-state index < -0.39 is 22.2 Å². The Morgan fingerprint density at radius 3 is 2.55 bits per heavy atom. The zero-order valence-electron chi connectivity index (χ0n) is 10.1. The number of anilines is 1. The van der Waals surface area contributed by atoms with Gasteiger partial charge in [-0.05, 0) is 28.1 Å². The lowest BCUT2D eigenvalue weighted by atomic mass is 10.1. The molecule has 0 unspecified atom stereocenters. The Kier molecular flexibility index (Phi) is 4.29. The van der Waals surface area contributed by atoms with Crippen LogP contribution in [0.25, 0.3) is 0 Å². The monoisotopic (exact) mass is 342 g/mol. The molecule has 0 spiro atoms. The molecule has 20 heavy (non-hydrogen) atoms. The fourth-order valence-corrected chi connectivity index (χ4v) is 2.08. The van der Waals surface area contributed by atoms with E-state index in [9.17, 15) is 18.9 Å². The van der Waals surface area contributed by atoms with Crippen LogP contribution < -0.4 is 5.32 Å². The molecule has 0 fully saturated rings. The summed E-state index contributed by atoms with van der Waals surface area (Å²) >= 11 is 3.31. The molecule has 0 radical (unpaired) electrons. The molecular weight excluding hydrogens is 334 g/mol. The molecule has 0 aliphatic carbocycles. The van der Waals surface area contributed by atoms with E-state index in [2.05, 4.69) is 21.2 Å². The van der Waals surface area contributed by atoms with E-state index in [-0.39, 0.29) is 12.1 Å². The van der Waals surface area contributed by atoms with Crippen LogP contribution in [-0.2, 0) is 6.54 Å². The average molecular weight is 343 g/mol. The molecule has 2 aromatic carbocycles. The molecule has 104 valence electrons. The van der Waals surface area contributed by atoms with Crippen molar-refractivity contribution in [2.45, 2.75) is 6.54 Å². The van der Waals surface area contributed by atoms with Gasteiger partial charge in [-0.3, -0.25) is 10.1 Å². The first-order valence-corrected chi connectivity index (χ1v) is 6.39. The fraction of sp³-hybridized carbons (Fsp3) is 0.0769. The number of benzene rings is 2. The molecule has 4 nitrogen and oxygen atoms in total. The first-order chi connectivity index (χ1) is 9.49. The molecule has 1 N–H and O–H groups in total. The first-order valence-electron chi connectivity index (χ1n) is 5.59. The molecule has 7 heteroatoms. The lowest BCUT2D eigenvalue weighted by Crippen LogP contribution is -2.04. The minimum Gasteiger partial charge on any atom is -0.380 e. The number of hydrogen-bond acceptors (Lipinski definition) is 3. The molecule has 0 heterocycles.